The predicted molar refractivity (Wildman–Crippen MR) is 73.8 cm³/mol. The third-order valence-corrected chi connectivity index (χ3v) is 3.52. The molecule has 9 heteroatoms. The zero-order valence-corrected chi connectivity index (χ0v) is 12.0. The van der Waals surface area contributed by atoms with Gasteiger partial charge in [0.05, 0.1) is 4.92 Å². The highest BCUT2D eigenvalue weighted by molar-refractivity contribution is 7.15. The average Bonchev–Trinajstić information content (AvgIpc) is 2.84. The van der Waals surface area contributed by atoms with Gasteiger partial charge in [-0.2, -0.15) is 5.10 Å². The Hall–Kier alpha value is -2.29. The van der Waals surface area contributed by atoms with Crippen molar-refractivity contribution in [2.75, 3.05) is 5.32 Å². The average molecular weight is 295 g/mol. The first kappa shape index (κ1) is 14.1. The van der Waals surface area contributed by atoms with Gasteiger partial charge in [0.2, 0.25) is 5.91 Å². The quantitative estimate of drug-likeness (QED) is 0.684. The summed E-state index contributed by atoms with van der Waals surface area (Å²) >= 11 is 1.36. The molecule has 0 fully saturated rings. The number of carbonyl (C=O) groups excluding carboxylic acids is 1. The maximum absolute atomic E-state index is 11.9. The van der Waals surface area contributed by atoms with Gasteiger partial charge in [-0.25, -0.2) is 4.98 Å². The number of rotatable bonds is 4. The third kappa shape index (κ3) is 2.82. The summed E-state index contributed by atoms with van der Waals surface area (Å²) in [6, 6.07) is 0. The highest BCUT2D eigenvalue weighted by Crippen LogP contribution is 2.22. The zero-order valence-electron chi connectivity index (χ0n) is 11.2. The molecular weight excluding hydrogens is 282 g/mol. The van der Waals surface area contributed by atoms with Crippen molar-refractivity contribution in [1.29, 1.82) is 0 Å². The fourth-order valence-electron chi connectivity index (χ4n) is 1.81. The Bertz CT molecular complexity index is 676. The summed E-state index contributed by atoms with van der Waals surface area (Å²) in [7, 11) is 0. The minimum atomic E-state index is -0.490. The SMILES string of the molecule is Cc1cnc(NC(=O)Cn2nc(C)c([N+](=O)[O-])c2C)s1. The molecule has 8 nitrogen and oxygen atoms in total. The first-order valence-electron chi connectivity index (χ1n) is 5.79. The van der Waals surface area contributed by atoms with Crippen molar-refractivity contribution in [3.05, 3.63) is 32.6 Å². The van der Waals surface area contributed by atoms with E-state index < -0.39 is 4.92 Å². The fraction of sp³-hybridized carbons (Fsp3) is 0.364. The van der Waals surface area contributed by atoms with Crippen LogP contribution in [0.3, 0.4) is 0 Å². The van der Waals surface area contributed by atoms with E-state index in [-0.39, 0.29) is 18.1 Å². The van der Waals surface area contributed by atoms with Crippen LogP contribution in [0.5, 0.6) is 0 Å². The zero-order chi connectivity index (χ0) is 14.9. The van der Waals surface area contributed by atoms with E-state index in [4.69, 9.17) is 0 Å². The van der Waals surface area contributed by atoms with Crippen molar-refractivity contribution in [3.63, 3.8) is 0 Å². The molecule has 1 amide bonds. The molecule has 0 aromatic carbocycles. The molecule has 0 aliphatic heterocycles. The smallest absolute Gasteiger partial charge is 0.300 e. The summed E-state index contributed by atoms with van der Waals surface area (Å²) in [5, 5.41) is 18.0. The van der Waals surface area contributed by atoms with Gasteiger partial charge in [0.25, 0.3) is 0 Å². The van der Waals surface area contributed by atoms with Crippen LogP contribution >= 0.6 is 11.3 Å². The number of hydrogen-bond acceptors (Lipinski definition) is 6. The Kier molecular flexibility index (Phi) is 3.79. The van der Waals surface area contributed by atoms with Crippen molar-refractivity contribution < 1.29 is 9.72 Å². The second-order valence-electron chi connectivity index (χ2n) is 4.26. The van der Waals surface area contributed by atoms with E-state index in [1.54, 1.807) is 20.0 Å². The summed E-state index contributed by atoms with van der Waals surface area (Å²) < 4.78 is 1.32. The van der Waals surface area contributed by atoms with E-state index in [2.05, 4.69) is 15.4 Å². The Morgan fingerprint density at radius 3 is 2.70 bits per heavy atom. The number of aromatic nitrogens is 3. The standard InChI is InChI=1S/C11H13N5O3S/c1-6-4-12-11(20-6)13-9(17)5-15-8(3)10(16(18)19)7(2)14-15/h4H,5H2,1-3H3,(H,12,13,17). The summed E-state index contributed by atoms with van der Waals surface area (Å²) in [6.07, 6.45) is 1.66. The molecule has 0 saturated heterocycles. The molecule has 0 unspecified atom stereocenters. The number of nitrogens with zero attached hydrogens (tertiary/aromatic N) is 4. The molecule has 2 aromatic heterocycles. The van der Waals surface area contributed by atoms with E-state index >= 15 is 0 Å². The number of nitro groups is 1. The van der Waals surface area contributed by atoms with Gasteiger partial charge in [0.1, 0.15) is 17.9 Å². The molecule has 0 bridgehead atoms. The lowest BCUT2D eigenvalue weighted by Crippen LogP contribution is -2.20. The summed E-state index contributed by atoms with van der Waals surface area (Å²) in [5.41, 5.74) is 0.603. The van der Waals surface area contributed by atoms with Gasteiger partial charge in [-0.15, -0.1) is 11.3 Å². The Balaban J connectivity index is 2.12. The van der Waals surface area contributed by atoms with Crippen LogP contribution < -0.4 is 5.32 Å². The molecule has 0 atom stereocenters. The predicted octanol–water partition coefficient (Wildman–Crippen LogP) is 1.81. The van der Waals surface area contributed by atoms with Crippen LogP contribution in [0.1, 0.15) is 16.3 Å². The highest BCUT2D eigenvalue weighted by Gasteiger charge is 2.22. The normalized spacial score (nSPS) is 10.6. The highest BCUT2D eigenvalue weighted by atomic mass is 32.1. The third-order valence-electron chi connectivity index (χ3n) is 2.69. The summed E-state index contributed by atoms with van der Waals surface area (Å²) in [5.74, 6) is -0.320. The van der Waals surface area contributed by atoms with E-state index in [1.807, 2.05) is 6.92 Å². The van der Waals surface area contributed by atoms with Gasteiger partial charge >= 0.3 is 5.69 Å². The van der Waals surface area contributed by atoms with Crippen LogP contribution in [0.2, 0.25) is 0 Å². The summed E-state index contributed by atoms with van der Waals surface area (Å²) in [4.78, 5) is 27.3. The van der Waals surface area contributed by atoms with Gasteiger partial charge in [-0.1, -0.05) is 0 Å². The number of thiazole rings is 1. The van der Waals surface area contributed by atoms with Crippen LogP contribution in [0, 0.1) is 30.9 Å². The molecule has 0 aliphatic rings. The monoisotopic (exact) mass is 295 g/mol. The van der Waals surface area contributed by atoms with Crippen molar-refractivity contribution in [1.82, 2.24) is 14.8 Å². The fourth-order valence-corrected chi connectivity index (χ4v) is 2.49. The minimum absolute atomic E-state index is 0.0529. The lowest BCUT2D eigenvalue weighted by Gasteiger charge is -2.03. The minimum Gasteiger partial charge on any atom is -0.300 e. The van der Waals surface area contributed by atoms with Crippen molar-refractivity contribution in [2.45, 2.75) is 27.3 Å². The van der Waals surface area contributed by atoms with E-state index in [1.165, 1.54) is 16.0 Å². The molecule has 2 rings (SSSR count). The number of amides is 1. The molecule has 0 spiro atoms. The Morgan fingerprint density at radius 1 is 1.50 bits per heavy atom. The second-order valence-corrected chi connectivity index (χ2v) is 5.49. The molecule has 0 aliphatic carbocycles. The Morgan fingerprint density at radius 2 is 2.20 bits per heavy atom. The molecule has 2 heterocycles. The molecular formula is C11H13N5O3S. The van der Waals surface area contributed by atoms with Gasteiger partial charge in [0, 0.05) is 11.1 Å². The molecule has 2 aromatic rings. The molecule has 1 N–H and O–H groups in total. The van der Waals surface area contributed by atoms with Crippen LogP contribution in [-0.2, 0) is 11.3 Å². The number of nitrogens with one attached hydrogen (secondary N) is 1. The molecule has 20 heavy (non-hydrogen) atoms. The topological polar surface area (TPSA) is 103 Å². The van der Waals surface area contributed by atoms with Gasteiger partial charge in [-0.3, -0.25) is 19.6 Å². The first-order chi connectivity index (χ1) is 9.38. The molecule has 106 valence electrons. The second kappa shape index (κ2) is 5.37. The number of anilines is 1. The maximum Gasteiger partial charge on any atom is 0.312 e. The number of carbonyl (C=O) groups is 1. The van der Waals surface area contributed by atoms with Gasteiger partial charge in [0.15, 0.2) is 5.13 Å². The van der Waals surface area contributed by atoms with Gasteiger partial charge < -0.3 is 5.32 Å². The summed E-state index contributed by atoms with van der Waals surface area (Å²) in [6.45, 7) is 4.92. The number of hydrogen-bond donors (Lipinski definition) is 1. The van der Waals surface area contributed by atoms with E-state index in [9.17, 15) is 14.9 Å². The lowest BCUT2D eigenvalue weighted by atomic mass is 10.3. The van der Waals surface area contributed by atoms with Gasteiger partial charge in [-0.05, 0) is 20.8 Å². The lowest BCUT2D eigenvalue weighted by molar-refractivity contribution is -0.386. The van der Waals surface area contributed by atoms with E-state index in [0.29, 0.717) is 16.5 Å². The van der Waals surface area contributed by atoms with Crippen molar-refractivity contribution in [3.8, 4) is 0 Å². The van der Waals surface area contributed by atoms with Crippen molar-refractivity contribution in [2.24, 2.45) is 0 Å². The van der Waals surface area contributed by atoms with E-state index in [0.717, 1.165) is 4.88 Å². The molecule has 0 radical (unpaired) electrons. The van der Waals surface area contributed by atoms with Crippen LogP contribution in [0.15, 0.2) is 6.20 Å². The first-order valence-corrected chi connectivity index (χ1v) is 6.61. The van der Waals surface area contributed by atoms with Crippen LogP contribution in [0.4, 0.5) is 10.8 Å². The maximum atomic E-state index is 11.9. The van der Waals surface area contributed by atoms with Crippen LogP contribution in [0.25, 0.3) is 0 Å². The Labute approximate surface area is 118 Å². The molecule has 0 saturated carbocycles. The van der Waals surface area contributed by atoms with Crippen molar-refractivity contribution >= 4 is 28.1 Å². The number of aryl methyl sites for hydroxylation is 2. The largest absolute Gasteiger partial charge is 0.312 e. The van der Waals surface area contributed by atoms with Crippen LogP contribution in [-0.4, -0.2) is 25.6 Å².